The van der Waals surface area contributed by atoms with Crippen LogP contribution in [-0.4, -0.2) is 5.97 Å². The van der Waals surface area contributed by atoms with E-state index in [1.807, 2.05) is 12.1 Å². The van der Waals surface area contributed by atoms with Gasteiger partial charge < -0.3 is 10.5 Å². The predicted octanol–water partition coefficient (Wildman–Crippen LogP) is 3.92. The smallest absolute Gasteiger partial charge is 0.340 e. The average molecular weight is 283 g/mol. The number of ether oxygens (including phenoxy) is 1. The molecule has 0 unspecified atom stereocenters. The van der Waals surface area contributed by atoms with Crippen LogP contribution in [0.5, 0.6) is 0 Å². The van der Waals surface area contributed by atoms with Crippen LogP contribution in [0.1, 0.15) is 42.3 Å². The van der Waals surface area contributed by atoms with Gasteiger partial charge in [-0.3, -0.25) is 0 Å². The lowest BCUT2D eigenvalue weighted by Crippen LogP contribution is -2.11. The van der Waals surface area contributed by atoms with Gasteiger partial charge in [-0.1, -0.05) is 57.2 Å². The van der Waals surface area contributed by atoms with Crippen molar-refractivity contribution in [2.75, 3.05) is 5.73 Å². The second kappa shape index (κ2) is 6.00. The first-order valence-electron chi connectivity index (χ1n) is 6.99. The van der Waals surface area contributed by atoms with Crippen molar-refractivity contribution in [3.63, 3.8) is 0 Å². The van der Waals surface area contributed by atoms with Gasteiger partial charge in [-0.25, -0.2) is 4.79 Å². The molecule has 3 heteroatoms. The Morgan fingerprint density at radius 3 is 2.24 bits per heavy atom. The number of hydrogen-bond donors (Lipinski definition) is 1. The van der Waals surface area contributed by atoms with Crippen LogP contribution in [0.25, 0.3) is 0 Å². The van der Waals surface area contributed by atoms with E-state index in [-0.39, 0.29) is 12.0 Å². The van der Waals surface area contributed by atoms with E-state index in [9.17, 15) is 4.79 Å². The summed E-state index contributed by atoms with van der Waals surface area (Å²) < 4.78 is 5.30. The lowest BCUT2D eigenvalue weighted by atomic mass is 9.87. The van der Waals surface area contributed by atoms with Crippen LogP contribution in [0, 0.1) is 0 Å². The van der Waals surface area contributed by atoms with Crippen molar-refractivity contribution in [3.05, 3.63) is 65.2 Å². The second-order valence-corrected chi connectivity index (χ2v) is 6.11. The Bertz CT molecular complexity index is 624. The molecule has 0 aliphatic rings. The van der Waals surface area contributed by atoms with Crippen LogP contribution in [-0.2, 0) is 16.8 Å². The lowest BCUT2D eigenvalue weighted by molar-refractivity contribution is 0.0474. The molecular weight excluding hydrogens is 262 g/mol. The molecule has 0 atom stereocenters. The Balaban J connectivity index is 2.00. The third-order valence-corrected chi connectivity index (χ3v) is 3.37. The minimum absolute atomic E-state index is 0.119. The quantitative estimate of drug-likeness (QED) is 0.686. The zero-order valence-electron chi connectivity index (χ0n) is 12.7. The molecule has 110 valence electrons. The van der Waals surface area contributed by atoms with E-state index in [4.69, 9.17) is 10.5 Å². The van der Waals surface area contributed by atoms with Crippen LogP contribution < -0.4 is 5.73 Å². The number of nitrogen functional groups attached to an aromatic ring is 1. The van der Waals surface area contributed by atoms with Gasteiger partial charge in [0.2, 0.25) is 0 Å². The van der Waals surface area contributed by atoms with Crippen molar-refractivity contribution in [2.24, 2.45) is 0 Å². The monoisotopic (exact) mass is 283 g/mol. The predicted molar refractivity (Wildman–Crippen MR) is 85.1 cm³/mol. The summed E-state index contributed by atoms with van der Waals surface area (Å²) in [4.78, 5) is 12.0. The number of nitrogens with two attached hydrogens (primary N) is 1. The highest BCUT2D eigenvalue weighted by atomic mass is 16.5. The summed E-state index contributed by atoms with van der Waals surface area (Å²) in [6.45, 7) is 6.75. The summed E-state index contributed by atoms with van der Waals surface area (Å²) in [6.07, 6.45) is 0. The first kappa shape index (κ1) is 15.1. The van der Waals surface area contributed by atoms with Crippen molar-refractivity contribution < 1.29 is 9.53 Å². The number of carbonyl (C=O) groups is 1. The molecule has 0 fully saturated rings. The van der Waals surface area contributed by atoms with Crippen LogP contribution >= 0.6 is 0 Å². The fourth-order valence-electron chi connectivity index (χ4n) is 2.01. The first-order chi connectivity index (χ1) is 9.88. The normalized spacial score (nSPS) is 11.2. The fraction of sp³-hybridized carbons (Fsp3) is 0.278. The zero-order valence-corrected chi connectivity index (χ0v) is 12.7. The first-order valence-corrected chi connectivity index (χ1v) is 6.99. The SMILES string of the molecule is CC(C)(C)c1ccc(COC(=O)c2ccccc2N)cc1. The fourth-order valence-corrected chi connectivity index (χ4v) is 2.01. The van der Waals surface area contributed by atoms with Gasteiger partial charge in [-0.15, -0.1) is 0 Å². The highest BCUT2D eigenvalue weighted by Gasteiger charge is 2.14. The molecule has 2 aromatic rings. The Morgan fingerprint density at radius 2 is 1.67 bits per heavy atom. The highest BCUT2D eigenvalue weighted by molar-refractivity contribution is 5.94. The van der Waals surface area contributed by atoms with Crippen LogP contribution in [0.4, 0.5) is 5.69 Å². The molecule has 0 radical (unpaired) electrons. The molecule has 0 spiro atoms. The summed E-state index contributed by atoms with van der Waals surface area (Å²) in [5, 5.41) is 0. The topological polar surface area (TPSA) is 52.3 Å². The summed E-state index contributed by atoms with van der Waals surface area (Å²) >= 11 is 0. The standard InChI is InChI=1S/C18H21NO2/c1-18(2,3)14-10-8-13(9-11-14)12-21-17(20)15-6-4-5-7-16(15)19/h4-11H,12,19H2,1-3H3. The van der Waals surface area contributed by atoms with Crippen molar-refractivity contribution >= 4 is 11.7 Å². The van der Waals surface area contributed by atoms with Gasteiger partial charge in [0.05, 0.1) is 5.56 Å². The molecule has 0 saturated heterocycles. The Hall–Kier alpha value is -2.29. The molecule has 0 bridgehead atoms. The highest BCUT2D eigenvalue weighted by Crippen LogP contribution is 2.22. The molecule has 0 aliphatic heterocycles. The second-order valence-electron chi connectivity index (χ2n) is 6.11. The van der Waals surface area contributed by atoms with Crippen molar-refractivity contribution in [3.8, 4) is 0 Å². The van der Waals surface area contributed by atoms with Crippen LogP contribution in [0.2, 0.25) is 0 Å². The van der Waals surface area contributed by atoms with Crippen LogP contribution in [0.15, 0.2) is 48.5 Å². The summed E-state index contributed by atoms with van der Waals surface area (Å²) in [7, 11) is 0. The molecule has 0 saturated carbocycles. The lowest BCUT2D eigenvalue weighted by Gasteiger charge is -2.19. The van der Waals surface area contributed by atoms with Gasteiger partial charge in [0.25, 0.3) is 0 Å². The summed E-state index contributed by atoms with van der Waals surface area (Å²) in [6, 6.07) is 15.0. The largest absolute Gasteiger partial charge is 0.457 e. The molecule has 2 rings (SSSR count). The average Bonchev–Trinajstić information content (AvgIpc) is 2.45. The molecular formula is C18H21NO2. The number of benzene rings is 2. The van der Waals surface area contributed by atoms with Crippen molar-refractivity contribution in [2.45, 2.75) is 32.8 Å². The molecule has 0 aromatic heterocycles. The minimum atomic E-state index is -0.395. The van der Waals surface area contributed by atoms with Crippen molar-refractivity contribution in [1.82, 2.24) is 0 Å². The number of anilines is 1. The molecule has 0 aliphatic carbocycles. The number of para-hydroxylation sites is 1. The van der Waals surface area contributed by atoms with Gasteiger partial charge in [-0.05, 0) is 28.7 Å². The molecule has 21 heavy (non-hydrogen) atoms. The molecule has 0 heterocycles. The Labute approximate surface area is 125 Å². The van der Waals surface area contributed by atoms with E-state index >= 15 is 0 Å². The van der Waals surface area contributed by atoms with Gasteiger partial charge in [-0.2, -0.15) is 0 Å². The van der Waals surface area contributed by atoms with E-state index < -0.39 is 5.97 Å². The number of rotatable bonds is 3. The molecule has 2 aromatic carbocycles. The van der Waals surface area contributed by atoms with E-state index in [2.05, 4.69) is 32.9 Å². The van der Waals surface area contributed by atoms with E-state index in [1.165, 1.54) is 5.56 Å². The Morgan fingerprint density at radius 1 is 1.05 bits per heavy atom. The third-order valence-electron chi connectivity index (χ3n) is 3.37. The summed E-state index contributed by atoms with van der Waals surface area (Å²) in [5.74, 6) is -0.395. The number of esters is 1. The number of hydrogen-bond acceptors (Lipinski definition) is 3. The van der Waals surface area contributed by atoms with Gasteiger partial charge in [0.1, 0.15) is 6.61 Å². The maximum atomic E-state index is 12.0. The van der Waals surface area contributed by atoms with Crippen LogP contribution in [0.3, 0.4) is 0 Å². The van der Waals surface area contributed by atoms with E-state index in [0.717, 1.165) is 5.56 Å². The molecule has 2 N–H and O–H groups in total. The number of carbonyl (C=O) groups excluding carboxylic acids is 1. The van der Waals surface area contributed by atoms with E-state index in [0.29, 0.717) is 11.3 Å². The summed E-state index contributed by atoms with van der Waals surface area (Å²) in [5.41, 5.74) is 8.94. The molecule has 0 amide bonds. The van der Waals surface area contributed by atoms with Gasteiger partial charge >= 0.3 is 5.97 Å². The maximum absolute atomic E-state index is 12.0. The van der Waals surface area contributed by atoms with E-state index in [1.54, 1.807) is 24.3 Å². The van der Waals surface area contributed by atoms with Gasteiger partial charge in [0, 0.05) is 5.69 Å². The zero-order chi connectivity index (χ0) is 15.5. The maximum Gasteiger partial charge on any atom is 0.340 e. The van der Waals surface area contributed by atoms with Gasteiger partial charge in [0.15, 0.2) is 0 Å². The Kier molecular flexibility index (Phi) is 4.32. The molecule has 3 nitrogen and oxygen atoms in total. The third kappa shape index (κ3) is 3.85. The van der Waals surface area contributed by atoms with Crippen molar-refractivity contribution in [1.29, 1.82) is 0 Å². The minimum Gasteiger partial charge on any atom is -0.457 e.